The number of hydrogen-bond acceptors (Lipinski definition) is 4. The highest BCUT2D eigenvalue weighted by Crippen LogP contribution is 2.27. The Balaban J connectivity index is 1.78. The van der Waals surface area contributed by atoms with Gasteiger partial charge in [0.1, 0.15) is 0 Å². The van der Waals surface area contributed by atoms with E-state index in [0.717, 1.165) is 11.3 Å². The van der Waals surface area contributed by atoms with Crippen LogP contribution < -0.4 is 10.9 Å². The lowest BCUT2D eigenvalue weighted by atomic mass is 10.0. The molecule has 2 aromatic rings. The summed E-state index contributed by atoms with van der Waals surface area (Å²) in [5.74, 6) is 0.674. The van der Waals surface area contributed by atoms with E-state index in [0.29, 0.717) is 23.4 Å². The Morgan fingerprint density at radius 3 is 2.91 bits per heavy atom. The number of para-hydroxylation sites is 1. The van der Waals surface area contributed by atoms with Crippen molar-refractivity contribution < 1.29 is 4.79 Å². The molecule has 0 bridgehead atoms. The van der Waals surface area contributed by atoms with Crippen LogP contribution >= 0.6 is 11.8 Å². The molecular formula is C17H19N3O2S. The van der Waals surface area contributed by atoms with Crippen molar-refractivity contribution in [2.24, 2.45) is 5.92 Å². The molecule has 1 N–H and O–H groups in total. The number of carbonyl (C=O) groups excluding carboxylic acids is 1. The van der Waals surface area contributed by atoms with E-state index in [1.54, 1.807) is 4.57 Å². The minimum Gasteiger partial charge on any atom is -0.326 e. The number of fused-ring (bicyclic) bond motifs is 1. The van der Waals surface area contributed by atoms with Crippen LogP contribution in [0.1, 0.15) is 25.3 Å². The molecule has 23 heavy (non-hydrogen) atoms. The normalized spacial score (nSPS) is 16.9. The van der Waals surface area contributed by atoms with Crippen molar-refractivity contribution in [2.75, 3.05) is 11.1 Å². The number of nitrogens with zero attached hydrogens (tertiary/aromatic N) is 2. The van der Waals surface area contributed by atoms with E-state index >= 15 is 0 Å². The number of rotatable bonds is 3. The van der Waals surface area contributed by atoms with Crippen LogP contribution in [0.2, 0.25) is 0 Å². The zero-order valence-corrected chi connectivity index (χ0v) is 14.0. The van der Waals surface area contributed by atoms with Crippen molar-refractivity contribution in [1.82, 2.24) is 9.55 Å². The largest absolute Gasteiger partial charge is 0.326 e. The summed E-state index contributed by atoms with van der Waals surface area (Å²) in [4.78, 5) is 28.7. The lowest BCUT2D eigenvalue weighted by molar-refractivity contribution is -0.119. The van der Waals surface area contributed by atoms with Gasteiger partial charge in [0, 0.05) is 30.2 Å². The Morgan fingerprint density at radius 2 is 2.13 bits per heavy atom. The van der Waals surface area contributed by atoms with Crippen LogP contribution in [0, 0.1) is 5.92 Å². The van der Waals surface area contributed by atoms with Crippen LogP contribution in [-0.4, -0.2) is 21.2 Å². The first-order chi connectivity index (χ1) is 11.1. The highest BCUT2D eigenvalue weighted by atomic mass is 32.2. The van der Waals surface area contributed by atoms with Gasteiger partial charge in [-0.3, -0.25) is 14.2 Å². The second kappa shape index (κ2) is 6.58. The third kappa shape index (κ3) is 3.32. The van der Waals surface area contributed by atoms with Crippen LogP contribution in [0.15, 0.2) is 46.5 Å². The third-order valence-corrected chi connectivity index (χ3v) is 5.08. The first kappa shape index (κ1) is 15.8. The molecule has 1 amide bonds. The molecule has 1 aromatic heterocycles. The number of hydrogen-bond donors (Lipinski definition) is 1. The quantitative estimate of drug-likeness (QED) is 0.880. The van der Waals surface area contributed by atoms with Crippen molar-refractivity contribution >= 4 is 23.4 Å². The topological polar surface area (TPSA) is 64.0 Å². The molecule has 1 atom stereocenters. The Labute approximate surface area is 139 Å². The predicted molar refractivity (Wildman–Crippen MR) is 91.9 cm³/mol. The van der Waals surface area contributed by atoms with E-state index in [1.807, 2.05) is 24.3 Å². The maximum atomic E-state index is 12.6. The first-order valence-electron chi connectivity index (χ1n) is 7.64. The van der Waals surface area contributed by atoms with E-state index in [2.05, 4.69) is 24.1 Å². The molecule has 1 aliphatic heterocycles. The minimum absolute atomic E-state index is 0.0491. The molecule has 0 saturated carbocycles. The van der Waals surface area contributed by atoms with Crippen molar-refractivity contribution in [3.05, 3.63) is 52.4 Å². The summed E-state index contributed by atoms with van der Waals surface area (Å²) >= 11 is 1.45. The minimum atomic E-state index is -0.241. The van der Waals surface area contributed by atoms with Crippen LogP contribution in [0.3, 0.4) is 0 Å². The molecule has 0 spiro atoms. The van der Waals surface area contributed by atoms with E-state index in [-0.39, 0.29) is 17.4 Å². The number of nitrogens with one attached hydrogen (secondary N) is 1. The third-order valence-electron chi connectivity index (χ3n) is 3.93. The van der Waals surface area contributed by atoms with Gasteiger partial charge in [0.05, 0.1) is 5.92 Å². The molecule has 1 aliphatic rings. The SMILES string of the molecule is CC(C)c1ccccc1NC(=O)C1CSc2nccc(=O)n2C1. The van der Waals surface area contributed by atoms with Gasteiger partial charge >= 0.3 is 0 Å². The zero-order chi connectivity index (χ0) is 16.4. The second-order valence-corrected chi connectivity index (χ2v) is 6.90. The summed E-state index contributed by atoms with van der Waals surface area (Å²) in [6.45, 7) is 4.58. The molecular weight excluding hydrogens is 310 g/mol. The fraction of sp³-hybridized carbons (Fsp3) is 0.353. The van der Waals surface area contributed by atoms with Crippen LogP contribution in [0.25, 0.3) is 0 Å². The van der Waals surface area contributed by atoms with Gasteiger partial charge in [-0.25, -0.2) is 4.98 Å². The average molecular weight is 329 g/mol. The maximum Gasteiger partial charge on any atom is 0.254 e. The maximum absolute atomic E-state index is 12.6. The Hall–Kier alpha value is -2.08. The number of amides is 1. The number of anilines is 1. The van der Waals surface area contributed by atoms with Gasteiger partial charge in [-0.05, 0) is 17.5 Å². The summed E-state index contributed by atoms with van der Waals surface area (Å²) in [5.41, 5.74) is 1.85. The fourth-order valence-electron chi connectivity index (χ4n) is 2.66. The van der Waals surface area contributed by atoms with Gasteiger partial charge in [-0.2, -0.15) is 0 Å². The molecule has 3 rings (SSSR count). The number of aromatic nitrogens is 2. The summed E-state index contributed by atoms with van der Waals surface area (Å²) in [5, 5.41) is 3.71. The van der Waals surface area contributed by atoms with E-state index in [9.17, 15) is 9.59 Å². The average Bonchev–Trinajstić information content (AvgIpc) is 2.55. The summed E-state index contributed by atoms with van der Waals surface area (Å²) < 4.78 is 1.58. The Kier molecular flexibility index (Phi) is 4.52. The molecule has 6 heteroatoms. The van der Waals surface area contributed by atoms with E-state index in [4.69, 9.17) is 0 Å². The van der Waals surface area contributed by atoms with Crippen LogP contribution in [0.4, 0.5) is 5.69 Å². The molecule has 0 fully saturated rings. The van der Waals surface area contributed by atoms with E-state index in [1.165, 1.54) is 24.0 Å². The standard InChI is InChI=1S/C17H19N3O2S/c1-11(2)13-5-3-4-6-14(13)19-16(22)12-9-20-15(21)7-8-18-17(20)23-10-12/h3-8,11-12H,9-10H2,1-2H3,(H,19,22). The second-order valence-electron chi connectivity index (χ2n) is 5.92. The first-order valence-corrected chi connectivity index (χ1v) is 8.63. The predicted octanol–water partition coefficient (Wildman–Crippen LogP) is 2.73. The zero-order valence-electron chi connectivity index (χ0n) is 13.2. The van der Waals surface area contributed by atoms with Gasteiger partial charge < -0.3 is 5.32 Å². The Bertz CT molecular complexity index is 785. The van der Waals surface area contributed by atoms with Gasteiger partial charge in [0.15, 0.2) is 5.16 Å². The van der Waals surface area contributed by atoms with Gasteiger partial charge in [0.25, 0.3) is 5.56 Å². The molecule has 0 saturated heterocycles. The highest BCUT2D eigenvalue weighted by molar-refractivity contribution is 7.99. The summed E-state index contributed by atoms with van der Waals surface area (Å²) in [6, 6.07) is 9.27. The number of thioether (sulfide) groups is 1. The Morgan fingerprint density at radius 1 is 1.35 bits per heavy atom. The smallest absolute Gasteiger partial charge is 0.254 e. The van der Waals surface area contributed by atoms with Crippen molar-refractivity contribution in [3.8, 4) is 0 Å². The fourth-order valence-corrected chi connectivity index (χ4v) is 3.72. The monoisotopic (exact) mass is 329 g/mol. The number of carbonyl (C=O) groups is 1. The lowest BCUT2D eigenvalue weighted by Gasteiger charge is -2.24. The summed E-state index contributed by atoms with van der Waals surface area (Å²) in [6.07, 6.45) is 1.51. The van der Waals surface area contributed by atoms with E-state index < -0.39 is 0 Å². The molecule has 2 heterocycles. The van der Waals surface area contributed by atoms with Crippen molar-refractivity contribution in [1.29, 1.82) is 0 Å². The van der Waals surface area contributed by atoms with Gasteiger partial charge in [-0.15, -0.1) is 0 Å². The molecule has 0 radical (unpaired) electrons. The summed E-state index contributed by atoms with van der Waals surface area (Å²) in [7, 11) is 0. The van der Waals surface area contributed by atoms with Crippen LogP contribution in [0.5, 0.6) is 0 Å². The number of benzene rings is 1. The van der Waals surface area contributed by atoms with Gasteiger partial charge in [-0.1, -0.05) is 43.8 Å². The molecule has 1 unspecified atom stereocenters. The van der Waals surface area contributed by atoms with Crippen molar-refractivity contribution in [3.63, 3.8) is 0 Å². The highest BCUT2D eigenvalue weighted by Gasteiger charge is 2.27. The van der Waals surface area contributed by atoms with Crippen molar-refractivity contribution in [2.45, 2.75) is 31.5 Å². The van der Waals surface area contributed by atoms with Crippen LogP contribution in [-0.2, 0) is 11.3 Å². The molecule has 120 valence electrons. The van der Waals surface area contributed by atoms with Gasteiger partial charge in [0.2, 0.25) is 5.91 Å². The molecule has 1 aromatic carbocycles. The lowest BCUT2D eigenvalue weighted by Crippen LogP contribution is -2.36. The molecule has 0 aliphatic carbocycles. The molecule has 5 nitrogen and oxygen atoms in total.